The van der Waals surface area contributed by atoms with Crippen LogP contribution in [0.2, 0.25) is 0 Å². The minimum absolute atomic E-state index is 0.00449. The smallest absolute Gasteiger partial charge is 0.316 e. The van der Waals surface area contributed by atoms with Gasteiger partial charge in [0, 0.05) is 13.1 Å². The molecular formula is C21H31NO2. The second-order valence-corrected chi connectivity index (χ2v) is 7.81. The van der Waals surface area contributed by atoms with Crippen LogP contribution in [0, 0.1) is 5.92 Å². The van der Waals surface area contributed by atoms with Gasteiger partial charge in [-0.05, 0) is 51.1 Å². The van der Waals surface area contributed by atoms with Crippen molar-refractivity contribution in [1.82, 2.24) is 4.90 Å². The fraction of sp³-hybridized carbons (Fsp3) is 0.667. The fourth-order valence-corrected chi connectivity index (χ4v) is 4.36. The van der Waals surface area contributed by atoms with Crippen LogP contribution in [0.5, 0.6) is 0 Å². The summed E-state index contributed by atoms with van der Waals surface area (Å²) in [7, 11) is 2.13. The van der Waals surface area contributed by atoms with Gasteiger partial charge in [0.2, 0.25) is 0 Å². The van der Waals surface area contributed by atoms with E-state index in [0.717, 1.165) is 44.3 Å². The van der Waals surface area contributed by atoms with Gasteiger partial charge in [-0.15, -0.1) is 0 Å². The lowest BCUT2D eigenvalue weighted by molar-refractivity contribution is -0.160. The van der Waals surface area contributed by atoms with Crippen LogP contribution in [0.3, 0.4) is 0 Å². The van der Waals surface area contributed by atoms with E-state index in [4.69, 9.17) is 4.74 Å². The van der Waals surface area contributed by atoms with E-state index in [-0.39, 0.29) is 12.1 Å². The van der Waals surface area contributed by atoms with Crippen molar-refractivity contribution in [3.05, 3.63) is 35.9 Å². The molecule has 1 saturated heterocycles. The molecular weight excluding hydrogens is 298 g/mol. The van der Waals surface area contributed by atoms with Gasteiger partial charge in [0.1, 0.15) is 6.10 Å². The van der Waals surface area contributed by atoms with Crippen LogP contribution >= 0.6 is 0 Å². The Bertz CT molecular complexity index is 530. The number of likely N-dealkylation sites (tertiary alicyclic amines) is 1. The van der Waals surface area contributed by atoms with E-state index in [1.165, 1.54) is 19.3 Å². The SMILES string of the molecule is CN1CCC(OC(=O)[C@](C)(c2ccccc2)C2CCCCC2)CC1. The highest BCUT2D eigenvalue weighted by atomic mass is 16.5. The Morgan fingerprint density at radius 2 is 1.67 bits per heavy atom. The summed E-state index contributed by atoms with van der Waals surface area (Å²) in [4.78, 5) is 15.6. The minimum atomic E-state index is -0.509. The van der Waals surface area contributed by atoms with Gasteiger partial charge in [0.05, 0.1) is 5.41 Å². The zero-order valence-corrected chi connectivity index (χ0v) is 15.2. The number of hydrogen-bond acceptors (Lipinski definition) is 3. The summed E-state index contributed by atoms with van der Waals surface area (Å²) in [6.07, 6.45) is 8.02. The van der Waals surface area contributed by atoms with E-state index in [2.05, 4.69) is 31.0 Å². The van der Waals surface area contributed by atoms with E-state index >= 15 is 0 Å². The van der Waals surface area contributed by atoms with Crippen molar-refractivity contribution in [1.29, 1.82) is 0 Å². The Hall–Kier alpha value is -1.35. The third-order valence-electron chi connectivity index (χ3n) is 6.16. The summed E-state index contributed by atoms with van der Waals surface area (Å²) in [5.41, 5.74) is 0.611. The lowest BCUT2D eigenvalue weighted by Gasteiger charge is -2.40. The fourth-order valence-electron chi connectivity index (χ4n) is 4.36. The Morgan fingerprint density at radius 1 is 1.04 bits per heavy atom. The van der Waals surface area contributed by atoms with E-state index in [1.54, 1.807) is 0 Å². The molecule has 0 bridgehead atoms. The second kappa shape index (κ2) is 7.69. The zero-order valence-electron chi connectivity index (χ0n) is 15.2. The van der Waals surface area contributed by atoms with Gasteiger partial charge in [-0.25, -0.2) is 0 Å². The van der Waals surface area contributed by atoms with Crippen LogP contribution in [0.4, 0.5) is 0 Å². The number of esters is 1. The molecule has 1 aromatic carbocycles. The standard InChI is InChI=1S/C21H31NO2/c1-21(17-9-5-3-6-10-17,18-11-7-4-8-12-18)20(23)24-19-13-15-22(2)16-14-19/h3,5-6,9-10,18-19H,4,7-8,11-16H2,1-2H3/t21-/m1/s1. The quantitative estimate of drug-likeness (QED) is 0.777. The zero-order chi connectivity index (χ0) is 17.0. The average molecular weight is 329 g/mol. The van der Waals surface area contributed by atoms with E-state index in [0.29, 0.717) is 5.92 Å². The molecule has 1 aliphatic carbocycles. The van der Waals surface area contributed by atoms with Crippen LogP contribution in [0.1, 0.15) is 57.4 Å². The molecule has 0 radical (unpaired) electrons. The largest absolute Gasteiger partial charge is 0.462 e. The topological polar surface area (TPSA) is 29.5 Å². The van der Waals surface area contributed by atoms with Gasteiger partial charge in [0.15, 0.2) is 0 Å². The maximum Gasteiger partial charge on any atom is 0.316 e. The second-order valence-electron chi connectivity index (χ2n) is 7.81. The highest BCUT2D eigenvalue weighted by Gasteiger charge is 2.45. The molecule has 1 aliphatic heterocycles. The average Bonchev–Trinajstić information content (AvgIpc) is 2.64. The number of piperidine rings is 1. The molecule has 1 aromatic rings. The normalized spacial score (nSPS) is 23.6. The predicted octanol–water partition coefficient (Wildman–Crippen LogP) is 4.16. The number of carbonyl (C=O) groups is 1. The molecule has 0 unspecified atom stereocenters. The Morgan fingerprint density at radius 3 is 2.29 bits per heavy atom. The van der Waals surface area contributed by atoms with Crippen LogP contribution in [-0.4, -0.2) is 37.1 Å². The van der Waals surface area contributed by atoms with Gasteiger partial charge in [-0.1, -0.05) is 49.6 Å². The first-order chi connectivity index (χ1) is 11.6. The van der Waals surface area contributed by atoms with Gasteiger partial charge in [-0.2, -0.15) is 0 Å². The highest BCUT2D eigenvalue weighted by Crippen LogP contribution is 2.42. The van der Waals surface area contributed by atoms with Gasteiger partial charge in [0.25, 0.3) is 0 Å². The Labute approximate surface area is 146 Å². The monoisotopic (exact) mass is 329 g/mol. The minimum Gasteiger partial charge on any atom is -0.462 e. The predicted molar refractivity (Wildman–Crippen MR) is 97.0 cm³/mol. The van der Waals surface area contributed by atoms with Gasteiger partial charge < -0.3 is 9.64 Å². The lowest BCUT2D eigenvalue weighted by atomic mass is 9.66. The van der Waals surface area contributed by atoms with Crippen molar-refractivity contribution in [3.63, 3.8) is 0 Å². The number of benzene rings is 1. The van der Waals surface area contributed by atoms with Gasteiger partial charge >= 0.3 is 5.97 Å². The number of ether oxygens (including phenoxy) is 1. The van der Waals surface area contributed by atoms with Crippen molar-refractivity contribution >= 4 is 5.97 Å². The van der Waals surface area contributed by atoms with E-state index in [1.807, 2.05) is 18.2 Å². The number of carbonyl (C=O) groups excluding carboxylic acids is 1. The molecule has 1 atom stereocenters. The first kappa shape index (κ1) is 17.5. The summed E-state index contributed by atoms with van der Waals surface area (Å²) >= 11 is 0. The molecule has 2 aliphatic rings. The molecule has 0 amide bonds. The maximum atomic E-state index is 13.3. The summed E-state index contributed by atoms with van der Waals surface area (Å²) in [5.74, 6) is 0.391. The van der Waals surface area contributed by atoms with Crippen LogP contribution < -0.4 is 0 Å². The van der Waals surface area contributed by atoms with E-state index < -0.39 is 5.41 Å². The van der Waals surface area contributed by atoms with Crippen molar-refractivity contribution in [2.24, 2.45) is 5.92 Å². The Kier molecular flexibility index (Phi) is 5.60. The molecule has 0 N–H and O–H groups in total. The van der Waals surface area contributed by atoms with Crippen LogP contribution in [0.15, 0.2) is 30.3 Å². The summed E-state index contributed by atoms with van der Waals surface area (Å²) in [6, 6.07) is 10.3. The summed E-state index contributed by atoms with van der Waals surface area (Å²) < 4.78 is 6.05. The molecule has 0 aromatic heterocycles. The van der Waals surface area contributed by atoms with Crippen molar-refractivity contribution in [3.8, 4) is 0 Å². The molecule has 1 heterocycles. The first-order valence-electron chi connectivity index (χ1n) is 9.56. The third-order valence-corrected chi connectivity index (χ3v) is 6.16. The Balaban J connectivity index is 1.80. The first-order valence-corrected chi connectivity index (χ1v) is 9.56. The van der Waals surface area contributed by atoms with Crippen molar-refractivity contribution in [2.45, 2.75) is 63.4 Å². The van der Waals surface area contributed by atoms with Crippen molar-refractivity contribution < 1.29 is 9.53 Å². The number of hydrogen-bond donors (Lipinski definition) is 0. The maximum absolute atomic E-state index is 13.3. The molecule has 132 valence electrons. The number of nitrogens with zero attached hydrogens (tertiary/aromatic N) is 1. The van der Waals surface area contributed by atoms with Crippen molar-refractivity contribution in [2.75, 3.05) is 20.1 Å². The van der Waals surface area contributed by atoms with Crippen LogP contribution in [-0.2, 0) is 14.9 Å². The van der Waals surface area contributed by atoms with Gasteiger partial charge in [-0.3, -0.25) is 4.79 Å². The van der Waals surface area contributed by atoms with Crippen LogP contribution in [0.25, 0.3) is 0 Å². The lowest BCUT2D eigenvalue weighted by Crippen LogP contribution is -2.45. The molecule has 3 heteroatoms. The molecule has 3 rings (SSSR count). The summed E-state index contributed by atoms with van der Waals surface area (Å²) in [5, 5.41) is 0. The molecule has 1 saturated carbocycles. The third kappa shape index (κ3) is 3.66. The molecule has 24 heavy (non-hydrogen) atoms. The highest BCUT2D eigenvalue weighted by molar-refractivity contribution is 5.83. The molecule has 0 spiro atoms. The summed E-state index contributed by atoms with van der Waals surface area (Å²) in [6.45, 7) is 4.16. The number of rotatable bonds is 4. The molecule has 3 nitrogen and oxygen atoms in total. The molecule has 2 fully saturated rings. The van der Waals surface area contributed by atoms with E-state index in [9.17, 15) is 4.79 Å².